The van der Waals surface area contributed by atoms with Crippen molar-refractivity contribution < 1.29 is 4.39 Å². The minimum atomic E-state index is -0.151. The Hall–Kier alpha value is -1.25. The largest absolute Gasteiger partial charge is 0.399 e. The molecular weight excluding hydrogens is 203 g/mol. The molecular formula is C13H17FN2. The van der Waals surface area contributed by atoms with E-state index in [9.17, 15) is 4.39 Å². The molecule has 1 saturated heterocycles. The van der Waals surface area contributed by atoms with Gasteiger partial charge in [-0.1, -0.05) is 12.8 Å². The predicted octanol–water partition coefficient (Wildman–Crippen LogP) is 2.79. The molecule has 2 N–H and O–H groups in total. The Balaban J connectivity index is 1.78. The standard InChI is InChI=1S/C13H17FN2/c14-11-4-3-10(15)7-12(11)16-8-13(9-16)5-1-2-6-13/h3-4,7H,1-2,5-6,8-9,15H2. The lowest BCUT2D eigenvalue weighted by Crippen LogP contribution is -2.55. The van der Waals surface area contributed by atoms with Gasteiger partial charge in [-0.15, -0.1) is 0 Å². The lowest BCUT2D eigenvalue weighted by atomic mass is 9.78. The summed E-state index contributed by atoms with van der Waals surface area (Å²) < 4.78 is 13.6. The second kappa shape index (κ2) is 3.37. The van der Waals surface area contributed by atoms with E-state index in [1.807, 2.05) is 0 Å². The van der Waals surface area contributed by atoms with Crippen LogP contribution in [-0.2, 0) is 0 Å². The van der Waals surface area contributed by atoms with Crippen molar-refractivity contribution in [2.45, 2.75) is 25.7 Å². The molecule has 0 radical (unpaired) electrons. The highest BCUT2D eigenvalue weighted by molar-refractivity contribution is 5.59. The van der Waals surface area contributed by atoms with Gasteiger partial charge in [-0.05, 0) is 31.0 Å². The minimum absolute atomic E-state index is 0.151. The highest BCUT2D eigenvalue weighted by Gasteiger charge is 2.45. The monoisotopic (exact) mass is 220 g/mol. The van der Waals surface area contributed by atoms with Gasteiger partial charge in [-0.3, -0.25) is 0 Å². The van der Waals surface area contributed by atoms with Crippen LogP contribution in [0.2, 0.25) is 0 Å². The van der Waals surface area contributed by atoms with Crippen LogP contribution >= 0.6 is 0 Å². The summed E-state index contributed by atoms with van der Waals surface area (Å²) >= 11 is 0. The van der Waals surface area contributed by atoms with Gasteiger partial charge in [0.2, 0.25) is 0 Å². The van der Waals surface area contributed by atoms with Gasteiger partial charge < -0.3 is 10.6 Å². The number of anilines is 2. The maximum absolute atomic E-state index is 13.6. The van der Waals surface area contributed by atoms with E-state index in [0.717, 1.165) is 13.1 Å². The summed E-state index contributed by atoms with van der Waals surface area (Å²) in [6, 6.07) is 4.82. The first-order chi connectivity index (χ1) is 7.69. The summed E-state index contributed by atoms with van der Waals surface area (Å²) in [5, 5.41) is 0. The van der Waals surface area contributed by atoms with Crippen LogP contribution in [0.1, 0.15) is 25.7 Å². The molecule has 86 valence electrons. The lowest BCUT2D eigenvalue weighted by Gasteiger charge is -2.49. The summed E-state index contributed by atoms with van der Waals surface area (Å²) in [7, 11) is 0. The molecule has 3 rings (SSSR count). The van der Waals surface area contributed by atoms with Crippen molar-refractivity contribution in [2.75, 3.05) is 23.7 Å². The molecule has 2 aliphatic rings. The Labute approximate surface area is 95.2 Å². The fraction of sp³-hybridized carbons (Fsp3) is 0.538. The van der Waals surface area contributed by atoms with E-state index >= 15 is 0 Å². The normalized spacial score (nSPS) is 22.4. The fourth-order valence-electron chi connectivity index (χ4n) is 3.15. The van der Waals surface area contributed by atoms with Crippen molar-refractivity contribution in [2.24, 2.45) is 5.41 Å². The molecule has 1 aliphatic carbocycles. The van der Waals surface area contributed by atoms with E-state index < -0.39 is 0 Å². The van der Waals surface area contributed by atoms with Gasteiger partial charge in [0, 0.05) is 24.2 Å². The summed E-state index contributed by atoms with van der Waals surface area (Å²) in [4.78, 5) is 2.12. The summed E-state index contributed by atoms with van der Waals surface area (Å²) in [6.45, 7) is 2.01. The maximum atomic E-state index is 13.6. The lowest BCUT2D eigenvalue weighted by molar-refractivity contribution is 0.220. The average Bonchev–Trinajstić information content (AvgIpc) is 2.68. The molecule has 0 amide bonds. The van der Waals surface area contributed by atoms with Crippen molar-refractivity contribution in [3.05, 3.63) is 24.0 Å². The highest BCUT2D eigenvalue weighted by Crippen LogP contribution is 2.47. The zero-order valence-electron chi connectivity index (χ0n) is 9.38. The van der Waals surface area contributed by atoms with E-state index in [-0.39, 0.29) is 5.82 Å². The van der Waals surface area contributed by atoms with Gasteiger partial charge in [0.1, 0.15) is 5.82 Å². The second-order valence-electron chi connectivity index (χ2n) is 5.27. The SMILES string of the molecule is Nc1ccc(F)c(N2CC3(CCCC3)C2)c1. The van der Waals surface area contributed by atoms with Crippen LogP contribution in [-0.4, -0.2) is 13.1 Å². The summed E-state index contributed by atoms with van der Waals surface area (Å²) in [5.74, 6) is -0.151. The van der Waals surface area contributed by atoms with Gasteiger partial charge in [-0.2, -0.15) is 0 Å². The second-order valence-corrected chi connectivity index (χ2v) is 5.27. The minimum Gasteiger partial charge on any atom is -0.399 e. The van der Waals surface area contributed by atoms with Crippen molar-refractivity contribution in [3.63, 3.8) is 0 Å². The molecule has 1 spiro atoms. The summed E-state index contributed by atoms with van der Waals surface area (Å²) in [5.41, 5.74) is 7.51. The zero-order chi connectivity index (χ0) is 11.2. The first-order valence-electron chi connectivity index (χ1n) is 5.99. The van der Waals surface area contributed by atoms with Gasteiger partial charge in [0.15, 0.2) is 0 Å². The third kappa shape index (κ3) is 1.46. The van der Waals surface area contributed by atoms with E-state index in [2.05, 4.69) is 4.90 Å². The van der Waals surface area contributed by atoms with Crippen LogP contribution in [0.15, 0.2) is 18.2 Å². The Kier molecular flexibility index (Phi) is 2.09. The molecule has 0 aromatic heterocycles. The van der Waals surface area contributed by atoms with Crippen molar-refractivity contribution in [1.29, 1.82) is 0 Å². The number of nitrogens with zero attached hydrogens (tertiary/aromatic N) is 1. The van der Waals surface area contributed by atoms with Crippen molar-refractivity contribution >= 4 is 11.4 Å². The molecule has 1 aromatic rings. The number of nitrogen functional groups attached to an aromatic ring is 1. The molecule has 1 aromatic carbocycles. The Bertz CT molecular complexity index is 402. The first kappa shape index (κ1) is 9.94. The predicted molar refractivity (Wildman–Crippen MR) is 63.9 cm³/mol. The molecule has 0 unspecified atom stereocenters. The van der Waals surface area contributed by atoms with Crippen LogP contribution in [0.4, 0.5) is 15.8 Å². The molecule has 1 heterocycles. The smallest absolute Gasteiger partial charge is 0.146 e. The third-order valence-electron chi connectivity index (χ3n) is 4.03. The first-order valence-corrected chi connectivity index (χ1v) is 5.99. The van der Waals surface area contributed by atoms with Crippen LogP contribution < -0.4 is 10.6 Å². The number of nitrogens with two attached hydrogens (primary N) is 1. The van der Waals surface area contributed by atoms with E-state index in [1.165, 1.54) is 31.7 Å². The Morgan fingerprint density at radius 1 is 1.19 bits per heavy atom. The van der Waals surface area contributed by atoms with Crippen molar-refractivity contribution in [3.8, 4) is 0 Å². The molecule has 2 nitrogen and oxygen atoms in total. The van der Waals surface area contributed by atoms with Crippen LogP contribution in [0.25, 0.3) is 0 Å². The maximum Gasteiger partial charge on any atom is 0.146 e. The zero-order valence-corrected chi connectivity index (χ0v) is 9.38. The molecule has 1 aliphatic heterocycles. The number of rotatable bonds is 1. The van der Waals surface area contributed by atoms with Gasteiger partial charge in [0.05, 0.1) is 5.69 Å². The Morgan fingerprint density at radius 2 is 1.88 bits per heavy atom. The quantitative estimate of drug-likeness (QED) is 0.737. The molecule has 1 saturated carbocycles. The highest BCUT2D eigenvalue weighted by atomic mass is 19.1. The van der Waals surface area contributed by atoms with Crippen LogP contribution in [0, 0.1) is 11.2 Å². The van der Waals surface area contributed by atoms with Gasteiger partial charge >= 0.3 is 0 Å². The van der Waals surface area contributed by atoms with Crippen LogP contribution in [0.3, 0.4) is 0 Å². The van der Waals surface area contributed by atoms with Crippen LogP contribution in [0.5, 0.6) is 0 Å². The topological polar surface area (TPSA) is 29.3 Å². The Morgan fingerprint density at radius 3 is 2.56 bits per heavy atom. The number of benzene rings is 1. The van der Waals surface area contributed by atoms with Gasteiger partial charge in [0.25, 0.3) is 0 Å². The molecule has 2 fully saturated rings. The number of halogens is 1. The molecule has 0 atom stereocenters. The molecule has 0 bridgehead atoms. The number of hydrogen-bond acceptors (Lipinski definition) is 2. The van der Waals surface area contributed by atoms with Crippen molar-refractivity contribution in [1.82, 2.24) is 0 Å². The molecule has 3 heteroatoms. The molecule has 16 heavy (non-hydrogen) atoms. The van der Waals surface area contributed by atoms with Gasteiger partial charge in [-0.25, -0.2) is 4.39 Å². The number of hydrogen-bond donors (Lipinski definition) is 1. The van der Waals surface area contributed by atoms with E-state index in [4.69, 9.17) is 5.73 Å². The van der Waals surface area contributed by atoms with E-state index in [0.29, 0.717) is 16.8 Å². The average molecular weight is 220 g/mol. The summed E-state index contributed by atoms with van der Waals surface area (Å²) in [6.07, 6.45) is 5.31. The fourth-order valence-corrected chi connectivity index (χ4v) is 3.15. The third-order valence-corrected chi connectivity index (χ3v) is 4.03. The van der Waals surface area contributed by atoms with E-state index in [1.54, 1.807) is 12.1 Å².